The monoisotopic (exact) mass is 312 g/mol. The molecule has 0 radical (unpaired) electrons. The van der Waals surface area contributed by atoms with Gasteiger partial charge in [-0.15, -0.1) is 12.6 Å². The molecule has 2 aromatic heterocycles. The van der Waals surface area contributed by atoms with Gasteiger partial charge in [-0.2, -0.15) is 0 Å². The normalized spacial score (nSPS) is 18.8. The fourth-order valence-corrected chi connectivity index (χ4v) is 3.01. The van der Waals surface area contributed by atoms with Gasteiger partial charge in [0, 0.05) is 30.6 Å². The molecule has 0 spiro atoms. The van der Waals surface area contributed by atoms with Crippen molar-refractivity contribution in [2.24, 2.45) is 0 Å². The maximum absolute atomic E-state index is 5.49. The van der Waals surface area contributed by atoms with E-state index >= 15 is 0 Å². The van der Waals surface area contributed by atoms with E-state index < -0.39 is 0 Å². The quantitative estimate of drug-likeness (QED) is 0.738. The number of rotatable bonds is 2. The summed E-state index contributed by atoms with van der Waals surface area (Å²) in [4.78, 5) is 11.5. The number of anilines is 1. The molecule has 0 bridgehead atoms. The first kappa shape index (κ1) is 13.6. The van der Waals surface area contributed by atoms with Gasteiger partial charge < -0.3 is 9.64 Å². The summed E-state index contributed by atoms with van der Waals surface area (Å²) in [6.07, 6.45) is 3.74. The highest BCUT2D eigenvalue weighted by Crippen LogP contribution is 2.24. The highest BCUT2D eigenvalue weighted by atomic mass is 32.1. The van der Waals surface area contributed by atoms with Gasteiger partial charge in [0.05, 0.1) is 13.2 Å². The Hall–Kier alpha value is -2.05. The summed E-state index contributed by atoms with van der Waals surface area (Å²) >= 11 is 4.42. The SMILES string of the molecule is SC1CN(c2cc3nccn3c(-c3ccccc3)n2)CCO1. The molecule has 0 amide bonds. The van der Waals surface area contributed by atoms with Gasteiger partial charge in [-0.05, 0) is 0 Å². The van der Waals surface area contributed by atoms with Crippen LogP contribution in [0.2, 0.25) is 0 Å². The van der Waals surface area contributed by atoms with Gasteiger partial charge in [-0.3, -0.25) is 4.40 Å². The van der Waals surface area contributed by atoms with E-state index in [4.69, 9.17) is 9.72 Å². The Balaban J connectivity index is 1.83. The first-order chi connectivity index (χ1) is 10.8. The van der Waals surface area contributed by atoms with E-state index in [9.17, 15) is 0 Å². The van der Waals surface area contributed by atoms with E-state index in [1.165, 1.54) is 0 Å². The van der Waals surface area contributed by atoms with Crippen molar-refractivity contribution in [3.8, 4) is 11.4 Å². The Morgan fingerprint density at radius 1 is 1.23 bits per heavy atom. The van der Waals surface area contributed by atoms with E-state index in [-0.39, 0.29) is 5.44 Å². The van der Waals surface area contributed by atoms with E-state index in [0.717, 1.165) is 35.9 Å². The van der Waals surface area contributed by atoms with Crippen LogP contribution in [0.3, 0.4) is 0 Å². The Labute approximate surface area is 134 Å². The van der Waals surface area contributed by atoms with Crippen LogP contribution >= 0.6 is 12.6 Å². The van der Waals surface area contributed by atoms with Crippen molar-refractivity contribution in [3.05, 3.63) is 48.8 Å². The standard InChI is InChI=1S/C16H16N4OS/c22-15-11-19(8-9-21-15)14-10-13-17-6-7-20(13)16(18-14)12-4-2-1-3-5-12/h1-7,10,15,22H,8-9,11H2. The van der Waals surface area contributed by atoms with Gasteiger partial charge in [-0.25, -0.2) is 9.97 Å². The lowest BCUT2D eigenvalue weighted by atomic mass is 10.2. The van der Waals surface area contributed by atoms with Crippen LogP contribution < -0.4 is 4.90 Å². The van der Waals surface area contributed by atoms with Gasteiger partial charge in [0.1, 0.15) is 22.7 Å². The first-order valence-electron chi connectivity index (χ1n) is 7.25. The minimum Gasteiger partial charge on any atom is -0.364 e. The molecular weight excluding hydrogens is 296 g/mol. The van der Waals surface area contributed by atoms with Crippen LogP contribution in [0.4, 0.5) is 5.82 Å². The molecule has 0 N–H and O–H groups in total. The highest BCUT2D eigenvalue weighted by Gasteiger charge is 2.20. The number of benzene rings is 1. The first-order valence-corrected chi connectivity index (χ1v) is 7.77. The third-order valence-corrected chi connectivity index (χ3v) is 4.09. The second-order valence-electron chi connectivity index (χ2n) is 5.23. The topological polar surface area (TPSA) is 42.7 Å². The lowest BCUT2D eigenvalue weighted by Gasteiger charge is -2.31. The van der Waals surface area contributed by atoms with Crippen molar-refractivity contribution >= 4 is 24.1 Å². The van der Waals surface area contributed by atoms with Crippen molar-refractivity contribution < 1.29 is 4.74 Å². The van der Waals surface area contributed by atoms with Gasteiger partial charge in [0.25, 0.3) is 0 Å². The van der Waals surface area contributed by atoms with Crippen LogP contribution in [0.25, 0.3) is 17.0 Å². The maximum Gasteiger partial charge on any atom is 0.148 e. The van der Waals surface area contributed by atoms with E-state index in [2.05, 4.69) is 34.6 Å². The number of hydrogen-bond donors (Lipinski definition) is 1. The Bertz CT molecular complexity index is 789. The van der Waals surface area contributed by atoms with E-state index in [1.807, 2.05) is 34.9 Å². The number of morpholine rings is 1. The summed E-state index contributed by atoms with van der Waals surface area (Å²) in [6, 6.07) is 12.2. The van der Waals surface area contributed by atoms with Crippen LogP contribution in [0, 0.1) is 0 Å². The molecule has 3 aromatic rings. The molecule has 112 valence electrons. The summed E-state index contributed by atoms with van der Waals surface area (Å²) in [6.45, 7) is 2.20. The largest absolute Gasteiger partial charge is 0.364 e. The average molecular weight is 312 g/mol. The number of hydrogen-bond acceptors (Lipinski definition) is 5. The van der Waals surface area contributed by atoms with Crippen LogP contribution in [0.1, 0.15) is 0 Å². The molecule has 1 aromatic carbocycles. The van der Waals surface area contributed by atoms with Crippen LogP contribution in [-0.2, 0) is 4.74 Å². The molecule has 4 rings (SSSR count). The minimum atomic E-state index is -0.0771. The molecule has 5 nitrogen and oxygen atoms in total. The summed E-state index contributed by atoms with van der Waals surface area (Å²) in [5.41, 5.74) is 1.89. The molecule has 6 heteroatoms. The highest BCUT2D eigenvalue weighted by molar-refractivity contribution is 7.80. The second-order valence-corrected chi connectivity index (χ2v) is 5.81. The molecular formula is C16H16N4OS. The van der Waals surface area contributed by atoms with E-state index in [1.54, 1.807) is 6.20 Å². The smallest absolute Gasteiger partial charge is 0.148 e. The number of nitrogens with zero attached hydrogens (tertiary/aromatic N) is 4. The molecule has 1 aliphatic heterocycles. The molecule has 1 aliphatic rings. The zero-order valence-electron chi connectivity index (χ0n) is 12.0. The Morgan fingerprint density at radius 3 is 2.91 bits per heavy atom. The zero-order chi connectivity index (χ0) is 14.9. The fraction of sp³-hybridized carbons (Fsp3) is 0.250. The Kier molecular flexibility index (Phi) is 3.48. The van der Waals surface area contributed by atoms with Gasteiger partial charge in [0.15, 0.2) is 0 Å². The molecule has 3 heterocycles. The predicted octanol–water partition coefficient (Wildman–Crippen LogP) is 2.49. The molecule has 22 heavy (non-hydrogen) atoms. The maximum atomic E-state index is 5.49. The number of ether oxygens (including phenoxy) is 1. The second kappa shape index (κ2) is 5.62. The summed E-state index contributed by atoms with van der Waals surface area (Å²) in [7, 11) is 0. The third-order valence-electron chi connectivity index (χ3n) is 3.78. The van der Waals surface area contributed by atoms with Crippen molar-refractivity contribution in [1.29, 1.82) is 0 Å². The van der Waals surface area contributed by atoms with Crippen molar-refractivity contribution in [2.75, 3.05) is 24.6 Å². The van der Waals surface area contributed by atoms with Crippen molar-refractivity contribution in [3.63, 3.8) is 0 Å². The summed E-state index contributed by atoms with van der Waals surface area (Å²) < 4.78 is 7.50. The molecule has 1 fully saturated rings. The fourth-order valence-electron chi connectivity index (χ4n) is 2.70. The van der Waals surface area contributed by atoms with Crippen molar-refractivity contribution in [1.82, 2.24) is 14.4 Å². The number of imidazole rings is 1. The van der Waals surface area contributed by atoms with Gasteiger partial charge in [-0.1, -0.05) is 30.3 Å². The molecule has 0 aliphatic carbocycles. The van der Waals surface area contributed by atoms with E-state index in [0.29, 0.717) is 6.61 Å². The van der Waals surface area contributed by atoms with Gasteiger partial charge >= 0.3 is 0 Å². The lowest BCUT2D eigenvalue weighted by molar-refractivity contribution is 0.0994. The van der Waals surface area contributed by atoms with Crippen LogP contribution in [0.15, 0.2) is 48.8 Å². The minimum absolute atomic E-state index is 0.0771. The molecule has 0 saturated carbocycles. The van der Waals surface area contributed by atoms with Crippen LogP contribution in [0.5, 0.6) is 0 Å². The zero-order valence-corrected chi connectivity index (χ0v) is 12.9. The van der Waals surface area contributed by atoms with Crippen molar-refractivity contribution in [2.45, 2.75) is 5.44 Å². The van der Waals surface area contributed by atoms with Crippen LogP contribution in [-0.4, -0.2) is 39.5 Å². The third kappa shape index (κ3) is 2.44. The number of thiol groups is 1. The average Bonchev–Trinajstić information content (AvgIpc) is 3.03. The predicted molar refractivity (Wildman–Crippen MR) is 89.4 cm³/mol. The van der Waals surface area contributed by atoms with Gasteiger partial charge in [0.2, 0.25) is 0 Å². The Morgan fingerprint density at radius 2 is 2.09 bits per heavy atom. The summed E-state index contributed by atoms with van der Waals surface area (Å²) in [5.74, 6) is 1.81. The molecule has 1 atom stereocenters. The number of aromatic nitrogens is 3. The number of fused-ring (bicyclic) bond motifs is 1. The molecule has 1 unspecified atom stereocenters. The summed E-state index contributed by atoms with van der Waals surface area (Å²) in [5, 5.41) is 0. The lowest BCUT2D eigenvalue weighted by Crippen LogP contribution is -2.40. The molecule has 1 saturated heterocycles.